The fourth-order valence-electron chi connectivity index (χ4n) is 2.84. The van der Waals surface area contributed by atoms with E-state index in [1.807, 2.05) is 24.3 Å². The number of ether oxygens (including phenoxy) is 1. The van der Waals surface area contributed by atoms with Gasteiger partial charge in [-0.1, -0.05) is 32.0 Å². The van der Waals surface area contributed by atoms with Gasteiger partial charge < -0.3 is 15.4 Å². The maximum atomic E-state index is 13.4. The summed E-state index contributed by atoms with van der Waals surface area (Å²) in [5, 5.41) is 5.68. The molecule has 3 rings (SSSR count). The molecule has 5 nitrogen and oxygen atoms in total. The van der Waals surface area contributed by atoms with Gasteiger partial charge in [0, 0.05) is 23.6 Å². The summed E-state index contributed by atoms with van der Waals surface area (Å²) in [7, 11) is 1.49. The Labute approximate surface area is 173 Å². The number of hydrogen-bond acceptors (Lipinski definition) is 5. The maximum Gasteiger partial charge on any atom is 0.421 e. The van der Waals surface area contributed by atoms with Gasteiger partial charge in [-0.15, -0.1) is 0 Å². The van der Waals surface area contributed by atoms with E-state index in [1.165, 1.54) is 12.7 Å². The molecule has 0 bridgehead atoms. The van der Waals surface area contributed by atoms with Crippen molar-refractivity contribution >= 4 is 23.1 Å². The Bertz CT molecular complexity index is 990. The van der Waals surface area contributed by atoms with Gasteiger partial charge in [0.15, 0.2) is 0 Å². The zero-order chi connectivity index (χ0) is 21.7. The van der Waals surface area contributed by atoms with E-state index < -0.39 is 11.7 Å². The van der Waals surface area contributed by atoms with Crippen molar-refractivity contribution in [1.82, 2.24) is 9.97 Å². The van der Waals surface area contributed by atoms with Gasteiger partial charge in [-0.3, -0.25) is 0 Å². The standard InChI is InChI=1S/C22H23F3N4O/c1-4-14(2)15-8-10-16(11-9-15)28-21-26-13-19(22(23,24)25)20(29-21)27-17-6-5-7-18(12-17)30-3/h5-14H,4H2,1-3H3,(H2,26,27,28,29). The number of hydrogen-bond donors (Lipinski definition) is 2. The van der Waals surface area contributed by atoms with Crippen molar-refractivity contribution in [2.75, 3.05) is 17.7 Å². The lowest BCUT2D eigenvalue weighted by Gasteiger charge is -2.15. The maximum absolute atomic E-state index is 13.4. The molecule has 1 atom stereocenters. The summed E-state index contributed by atoms with van der Waals surface area (Å²) < 4.78 is 45.5. The summed E-state index contributed by atoms with van der Waals surface area (Å²) in [5.41, 5.74) is 1.34. The third-order valence-corrected chi connectivity index (χ3v) is 4.77. The van der Waals surface area contributed by atoms with Gasteiger partial charge in [0.1, 0.15) is 17.1 Å². The summed E-state index contributed by atoms with van der Waals surface area (Å²) in [6, 6.07) is 14.3. The number of nitrogens with one attached hydrogen (secondary N) is 2. The van der Waals surface area contributed by atoms with Crippen LogP contribution in [0.1, 0.15) is 37.3 Å². The number of methoxy groups -OCH3 is 1. The van der Waals surface area contributed by atoms with Crippen molar-refractivity contribution in [1.29, 1.82) is 0 Å². The highest BCUT2D eigenvalue weighted by Gasteiger charge is 2.35. The lowest BCUT2D eigenvalue weighted by molar-refractivity contribution is -0.137. The molecule has 0 spiro atoms. The minimum Gasteiger partial charge on any atom is -0.497 e. The molecular weight excluding hydrogens is 393 g/mol. The second kappa shape index (κ2) is 9.02. The molecule has 158 valence electrons. The molecule has 0 fully saturated rings. The van der Waals surface area contributed by atoms with Crippen LogP contribution in [0.3, 0.4) is 0 Å². The number of benzene rings is 2. The topological polar surface area (TPSA) is 59.1 Å². The van der Waals surface area contributed by atoms with E-state index in [4.69, 9.17) is 4.74 Å². The predicted octanol–water partition coefficient (Wildman–Crippen LogP) is 6.50. The van der Waals surface area contributed by atoms with Crippen molar-refractivity contribution in [2.24, 2.45) is 0 Å². The van der Waals surface area contributed by atoms with Crippen molar-refractivity contribution < 1.29 is 17.9 Å². The Balaban J connectivity index is 1.88. The second-order valence-corrected chi connectivity index (χ2v) is 6.87. The zero-order valence-corrected chi connectivity index (χ0v) is 16.9. The number of anilines is 4. The van der Waals surface area contributed by atoms with Crippen LogP contribution in [0.5, 0.6) is 5.75 Å². The normalized spacial score (nSPS) is 12.3. The fourth-order valence-corrected chi connectivity index (χ4v) is 2.84. The van der Waals surface area contributed by atoms with E-state index in [1.54, 1.807) is 24.3 Å². The lowest BCUT2D eigenvalue weighted by atomic mass is 9.99. The highest BCUT2D eigenvalue weighted by molar-refractivity contribution is 5.64. The van der Waals surface area contributed by atoms with Crippen molar-refractivity contribution in [3.63, 3.8) is 0 Å². The first kappa shape index (κ1) is 21.4. The smallest absolute Gasteiger partial charge is 0.421 e. The minimum absolute atomic E-state index is 0.0599. The van der Waals surface area contributed by atoms with Crippen LogP contribution in [0.15, 0.2) is 54.7 Å². The highest BCUT2D eigenvalue weighted by atomic mass is 19.4. The number of halogens is 3. The summed E-state index contributed by atoms with van der Waals surface area (Å²) in [6.45, 7) is 4.25. The molecule has 0 saturated heterocycles. The van der Waals surface area contributed by atoms with Crippen LogP contribution < -0.4 is 15.4 Å². The molecule has 1 heterocycles. The van der Waals surface area contributed by atoms with Crippen LogP contribution in [0.25, 0.3) is 0 Å². The van der Waals surface area contributed by atoms with Crippen LogP contribution in [0, 0.1) is 0 Å². The average molecular weight is 416 g/mol. The Morgan fingerprint density at radius 1 is 1.03 bits per heavy atom. The third kappa shape index (κ3) is 5.20. The molecule has 30 heavy (non-hydrogen) atoms. The zero-order valence-electron chi connectivity index (χ0n) is 16.9. The monoisotopic (exact) mass is 416 g/mol. The van der Waals surface area contributed by atoms with Crippen molar-refractivity contribution in [3.8, 4) is 5.75 Å². The molecule has 1 unspecified atom stereocenters. The molecular formula is C22H23F3N4O. The minimum atomic E-state index is -4.60. The van der Waals surface area contributed by atoms with Gasteiger partial charge >= 0.3 is 6.18 Å². The van der Waals surface area contributed by atoms with Crippen LogP contribution in [-0.2, 0) is 6.18 Å². The number of rotatable bonds is 7. The SMILES string of the molecule is CCC(C)c1ccc(Nc2ncc(C(F)(F)F)c(Nc3cccc(OC)c3)n2)cc1. The molecule has 0 aliphatic carbocycles. The van der Waals surface area contributed by atoms with E-state index in [-0.39, 0.29) is 11.8 Å². The predicted molar refractivity (Wildman–Crippen MR) is 112 cm³/mol. The van der Waals surface area contributed by atoms with Crippen LogP contribution in [0.4, 0.5) is 36.3 Å². The molecule has 0 aliphatic heterocycles. The lowest BCUT2D eigenvalue weighted by Crippen LogP contribution is -2.12. The van der Waals surface area contributed by atoms with Crippen LogP contribution in [0.2, 0.25) is 0 Å². The first-order valence-corrected chi connectivity index (χ1v) is 9.52. The van der Waals surface area contributed by atoms with Gasteiger partial charge in [0.2, 0.25) is 5.95 Å². The summed E-state index contributed by atoms with van der Waals surface area (Å²) in [6.07, 6.45) is -2.81. The van der Waals surface area contributed by atoms with Gasteiger partial charge in [-0.25, -0.2) is 4.98 Å². The van der Waals surface area contributed by atoms with E-state index in [0.29, 0.717) is 23.0 Å². The molecule has 0 aliphatic rings. The number of nitrogens with zero attached hydrogens (tertiary/aromatic N) is 2. The van der Waals surface area contributed by atoms with E-state index >= 15 is 0 Å². The Morgan fingerprint density at radius 3 is 2.40 bits per heavy atom. The molecule has 8 heteroatoms. The number of alkyl halides is 3. The molecule has 0 radical (unpaired) electrons. The Hall–Kier alpha value is -3.29. The second-order valence-electron chi connectivity index (χ2n) is 6.87. The molecule has 3 aromatic rings. The summed E-state index contributed by atoms with van der Waals surface area (Å²) >= 11 is 0. The molecule has 1 aromatic heterocycles. The van der Waals surface area contributed by atoms with Gasteiger partial charge in [0.25, 0.3) is 0 Å². The van der Waals surface area contributed by atoms with Crippen LogP contribution >= 0.6 is 0 Å². The van der Waals surface area contributed by atoms with Crippen molar-refractivity contribution in [2.45, 2.75) is 32.4 Å². The first-order chi connectivity index (χ1) is 14.3. The molecule has 2 N–H and O–H groups in total. The molecule has 0 amide bonds. The van der Waals surface area contributed by atoms with E-state index in [0.717, 1.165) is 12.6 Å². The fraction of sp³-hybridized carbons (Fsp3) is 0.273. The van der Waals surface area contributed by atoms with E-state index in [9.17, 15) is 13.2 Å². The first-order valence-electron chi connectivity index (χ1n) is 9.52. The van der Waals surface area contributed by atoms with E-state index in [2.05, 4.69) is 34.4 Å². The van der Waals surface area contributed by atoms with Gasteiger partial charge in [0.05, 0.1) is 7.11 Å². The largest absolute Gasteiger partial charge is 0.497 e. The summed E-state index contributed by atoms with van der Waals surface area (Å²) in [5.74, 6) is 0.663. The quantitative estimate of drug-likeness (QED) is 0.460. The van der Waals surface area contributed by atoms with Gasteiger partial charge in [-0.2, -0.15) is 18.2 Å². The highest BCUT2D eigenvalue weighted by Crippen LogP contribution is 2.35. The van der Waals surface area contributed by atoms with Gasteiger partial charge in [-0.05, 0) is 42.2 Å². The molecule has 0 saturated carbocycles. The average Bonchev–Trinajstić information content (AvgIpc) is 2.73. The number of aromatic nitrogens is 2. The van der Waals surface area contributed by atoms with Crippen molar-refractivity contribution in [3.05, 3.63) is 65.9 Å². The third-order valence-electron chi connectivity index (χ3n) is 4.77. The van der Waals surface area contributed by atoms with Crippen LogP contribution in [-0.4, -0.2) is 17.1 Å². The Kier molecular flexibility index (Phi) is 6.44. The molecule has 2 aromatic carbocycles. The Morgan fingerprint density at radius 2 is 1.77 bits per heavy atom. The summed E-state index contributed by atoms with van der Waals surface area (Å²) in [4.78, 5) is 7.91.